The standard InChI is InChI=1S/C20H16F3NO4/c1-11(25)16(17(26)12-6-8-13(9-7-12)20(21,22)23)10-24-18(27)14-4-2-3-5-15(14)19(24)28/h2-9,16-17,26H,10H2,1H3. The number of Topliss-reactive ketones (excluding diaryl/α,β-unsaturated/α-hetero) is 1. The van der Waals surface area contributed by atoms with E-state index in [4.69, 9.17) is 0 Å². The smallest absolute Gasteiger partial charge is 0.388 e. The van der Waals surface area contributed by atoms with Crippen LogP contribution in [0, 0.1) is 5.92 Å². The number of carbonyl (C=O) groups excluding carboxylic acids is 3. The number of nitrogens with zero attached hydrogens (tertiary/aromatic N) is 1. The molecule has 2 aromatic rings. The van der Waals surface area contributed by atoms with Gasteiger partial charge in [-0.1, -0.05) is 24.3 Å². The number of fused-ring (bicyclic) bond motifs is 1. The Kier molecular flexibility index (Phi) is 5.08. The number of rotatable bonds is 5. The van der Waals surface area contributed by atoms with Crippen LogP contribution in [0.15, 0.2) is 48.5 Å². The minimum Gasteiger partial charge on any atom is -0.388 e. The van der Waals surface area contributed by atoms with Crippen molar-refractivity contribution in [2.45, 2.75) is 19.2 Å². The van der Waals surface area contributed by atoms with Gasteiger partial charge in [-0.3, -0.25) is 19.3 Å². The van der Waals surface area contributed by atoms with Gasteiger partial charge in [-0.15, -0.1) is 0 Å². The van der Waals surface area contributed by atoms with Gasteiger partial charge in [0.1, 0.15) is 5.78 Å². The summed E-state index contributed by atoms with van der Waals surface area (Å²) in [4.78, 5) is 37.9. The lowest BCUT2D eigenvalue weighted by Gasteiger charge is -2.25. The van der Waals surface area contributed by atoms with E-state index in [9.17, 15) is 32.7 Å². The molecule has 0 fully saturated rings. The number of hydrogen-bond donors (Lipinski definition) is 1. The molecule has 3 rings (SSSR count). The lowest BCUT2D eigenvalue weighted by atomic mass is 9.91. The van der Waals surface area contributed by atoms with Crippen molar-refractivity contribution >= 4 is 17.6 Å². The van der Waals surface area contributed by atoms with Crippen LogP contribution in [0.25, 0.3) is 0 Å². The van der Waals surface area contributed by atoms with Gasteiger partial charge >= 0.3 is 6.18 Å². The number of aliphatic hydroxyl groups excluding tert-OH is 1. The fourth-order valence-corrected chi connectivity index (χ4v) is 3.15. The van der Waals surface area contributed by atoms with E-state index < -0.39 is 41.4 Å². The zero-order valence-electron chi connectivity index (χ0n) is 14.7. The number of ketones is 1. The number of imide groups is 1. The van der Waals surface area contributed by atoms with Crippen molar-refractivity contribution in [1.29, 1.82) is 0 Å². The maximum atomic E-state index is 12.7. The van der Waals surface area contributed by atoms with Gasteiger partial charge in [0.05, 0.1) is 28.7 Å². The van der Waals surface area contributed by atoms with Gasteiger partial charge in [-0.25, -0.2) is 0 Å². The molecule has 2 aromatic carbocycles. The van der Waals surface area contributed by atoms with E-state index in [0.717, 1.165) is 29.2 Å². The van der Waals surface area contributed by atoms with Crippen molar-refractivity contribution in [3.8, 4) is 0 Å². The molecule has 5 nitrogen and oxygen atoms in total. The molecule has 0 bridgehead atoms. The summed E-state index contributed by atoms with van der Waals surface area (Å²) in [6, 6.07) is 9.95. The van der Waals surface area contributed by atoms with Crippen molar-refractivity contribution in [2.24, 2.45) is 5.92 Å². The predicted octanol–water partition coefficient (Wildman–Crippen LogP) is 3.24. The van der Waals surface area contributed by atoms with Gasteiger partial charge in [-0.05, 0) is 36.8 Å². The maximum absolute atomic E-state index is 12.7. The fraction of sp³-hybridized carbons (Fsp3) is 0.250. The molecule has 0 saturated heterocycles. The van der Waals surface area contributed by atoms with E-state index in [1.54, 1.807) is 12.1 Å². The topological polar surface area (TPSA) is 74.7 Å². The Labute approximate surface area is 158 Å². The van der Waals surface area contributed by atoms with Crippen LogP contribution in [-0.4, -0.2) is 34.1 Å². The first-order valence-corrected chi connectivity index (χ1v) is 8.42. The molecule has 1 heterocycles. The van der Waals surface area contributed by atoms with Crippen molar-refractivity contribution in [2.75, 3.05) is 6.54 Å². The summed E-state index contributed by atoms with van der Waals surface area (Å²) in [5.74, 6) is -2.82. The average molecular weight is 391 g/mol. The number of benzene rings is 2. The van der Waals surface area contributed by atoms with E-state index >= 15 is 0 Å². The van der Waals surface area contributed by atoms with Crippen LogP contribution < -0.4 is 0 Å². The zero-order valence-corrected chi connectivity index (χ0v) is 14.7. The zero-order chi connectivity index (χ0) is 20.6. The number of amides is 2. The Bertz CT molecular complexity index is 902. The summed E-state index contributed by atoms with van der Waals surface area (Å²) in [6.07, 6.45) is -5.99. The number of carbonyl (C=O) groups is 3. The lowest BCUT2D eigenvalue weighted by molar-refractivity contribution is -0.137. The third kappa shape index (κ3) is 3.55. The van der Waals surface area contributed by atoms with E-state index in [-0.39, 0.29) is 23.2 Å². The molecule has 0 aromatic heterocycles. The molecule has 146 valence electrons. The summed E-state index contributed by atoms with van der Waals surface area (Å²) in [5, 5.41) is 10.5. The Morgan fingerprint density at radius 1 is 1.00 bits per heavy atom. The molecular formula is C20H16F3NO4. The minimum absolute atomic E-state index is 0.0878. The van der Waals surface area contributed by atoms with Crippen LogP contribution in [0.3, 0.4) is 0 Å². The van der Waals surface area contributed by atoms with Gasteiger partial charge in [0.15, 0.2) is 0 Å². The third-order valence-corrected chi connectivity index (χ3v) is 4.74. The molecule has 0 saturated carbocycles. The van der Waals surface area contributed by atoms with Crippen LogP contribution in [-0.2, 0) is 11.0 Å². The van der Waals surface area contributed by atoms with Crippen molar-refractivity contribution in [3.05, 3.63) is 70.8 Å². The Morgan fingerprint density at radius 3 is 1.93 bits per heavy atom. The molecule has 1 aliphatic heterocycles. The van der Waals surface area contributed by atoms with Crippen LogP contribution in [0.2, 0.25) is 0 Å². The lowest BCUT2D eigenvalue weighted by Crippen LogP contribution is -2.39. The second-order valence-electron chi connectivity index (χ2n) is 6.55. The van der Waals surface area contributed by atoms with Crippen LogP contribution in [0.5, 0.6) is 0 Å². The van der Waals surface area contributed by atoms with Gasteiger partial charge < -0.3 is 5.11 Å². The van der Waals surface area contributed by atoms with Crippen molar-refractivity contribution < 1.29 is 32.7 Å². The van der Waals surface area contributed by atoms with E-state index in [2.05, 4.69) is 0 Å². The third-order valence-electron chi connectivity index (χ3n) is 4.74. The fourth-order valence-electron chi connectivity index (χ4n) is 3.15. The second-order valence-corrected chi connectivity index (χ2v) is 6.55. The first-order chi connectivity index (χ1) is 13.1. The molecule has 1 aliphatic rings. The van der Waals surface area contributed by atoms with E-state index in [0.29, 0.717) is 0 Å². The number of alkyl halides is 3. The summed E-state index contributed by atoms with van der Waals surface area (Å²) in [6.45, 7) is 0.819. The normalized spacial score (nSPS) is 16.1. The molecule has 2 amide bonds. The molecular weight excluding hydrogens is 375 g/mol. The molecule has 1 N–H and O–H groups in total. The largest absolute Gasteiger partial charge is 0.416 e. The number of halogens is 3. The SMILES string of the molecule is CC(=O)C(CN1C(=O)c2ccccc2C1=O)C(O)c1ccc(C(F)(F)F)cc1. The number of aliphatic hydroxyl groups is 1. The summed E-state index contributed by atoms with van der Waals surface area (Å²) in [5.41, 5.74) is -0.384. The van der Waals surface area contributed by atoms with Crippen molar-refractivity contribution in [1.82, 2.24) is 4.90 Å². The van der Waals surface area contributed by atoms with Crippen LogP contribution in [0.4, 0.5) is 13.2 Å². The summed E-state index contributed by atoms with van der Waals surface area (Å²) < 4.78 is 38.1. The number of hydrogen-bond acceptors (Lipinski definition) is 4. The highest BCUT2D eigenvalue weighted by atomic mass is 19.4. The van der Waals surface area contributed by atoms with Gasteiger partial charge in [0.25, 0.3) is 11.8 Å². The highest BCUT2D eigenvalue weighted by molar-refractivity contribution is 6.21. The van der Waals surface area contributed by atoms with E-state index in [1.165, 1.54) is 19.1 Å². The highest BCUT2D eigenvalue weighted by Gasteiger charge is 2.39. The monoisotopic (exact) mass is 391 g/mol. The highest BCUT2D eigenvalue weighted by Crippen LogP contribution is 2.32. The van der Waals surface area contributed by atoms with Gasteiger partial charge in [0, 0.05) is 6.54 Å². The quantitative estimate of drug-likeness (QED) is 0.794. The molecule has 0 aliphatic carbocycles. The average Bonchev–Trinajstić information content (AvgIpc) is 2.89. The summed E-state index contributed by atoms with van der Waals surface area (Å²) >= 11 is 0. The molecule has 28 heavy (non-hydrogen) atoms. The Hall–Kier alpha value is -3.00. The molecule has 2 unspecified atom stereocenters. The second kappa shape index (κ2) is 7.20. The Balaban J connectivity index is 1.84. The minimum atomic E-state index is -4.52. The van der Waals surface area contributed by atoms with Crippen molar-refractivity contribution in [3.63, 3.8) is 0 Å². The Morgan fingerprint density at radius 2 is 1.50 bits per heavy atom. The molecule has 2 atom stereocenters. The van der Waals surface area contributed by atoms with Gasteiger partial charge in [-0.2, -0.15) is 13.2 Å². The van der Waals surface area contributed by atoms with Gasteiger partial charge in [0.2, 0.25) is 0 Å². The van der Waals surface area contributed by atoms with Crippen LogP contribution >= 0.6 is 0 Å². The molecule has 0 spiro atoms. The van der Waals surface area contributed by atoms with E-state index in [1.807, 2.05) is 0 Å². The predicted molar refractivity (Wildman–Crippen MR) is 92.4 cm³/mol. The first-order valence-electron chi connectivity index (χ1n) is 8.42. The molecule has 0 radical (unpaired) electrons. The first kappa shape index (κ1) is 19.8. The summed E-state index contributed by atoms with van der Waals surface area (Å²) in [7, 11) is 0. The maximum Gasteiger partial charge on any atom is 0.416 e. The molecule has 8 heteroatoms. The van der Waals surface area contributed by atoms with Crippen LogP contribution in [0.1, 0.15) is 44.9 Å².